The molecule has 0 aromatic heterocycles. The molecule has 1 aromatic rings. The Labute approximate surface area is 91.7 Å². The SMILES string of the molecule is CCC(C)CNCc1cc(F)ccc1C. The summed E-state index contributed by atoms with van der Waals surface area (Å²) in [4.78, 5) is 0. The lowest BCUT2D eigenvalue weighted by molar-refractivity contribution is 0.498. The van der Waals surface area contributed by atoms with Crippen LogP contribution in [0.5, 0.6) is 0 Å². The van der Waals surface area contributed by atoms with Gasteiger partial charge in [0, 0.05) is 6.54 Å². The molecule has 0 spiro atoms. The van der Waals surface area contributed by atoms with Gasteiger partial charge in [-0.2, -0.15) is 0 Å². The van der Waals surface area contributed by atoms with E-state index < -0.39 is 0 Å². The van der Waals surface area contributed by atoms with Crippen LogP contribution < -0.4 is 5.32 Å². The molecule has 0 amide bonds. The zero-order chi connectivity index (χ0) is 11.3. The highest BCUT2D eigenvalue weighted by Gasteiger charge is 2.01. The van der Waals surface area contributed by atoms with E-state index in [1.807, 2.05) is 13.0 Å². The summed E-state index contributed by atoms with van der Waals surface area (Å²) in [7, 11) is 0. The van der Waals surface area contributed by atoms with E-state index in [0.29, 0.717) is 5.92 Å². The lowest BCUT2D eigenvalue weighted by Gasteiger charge is -2.11. The maximum absolute atomic E-state index is 13.0. The average molecular weight is 209 g/mol. The Morgan fingerprint density at radius 1 is 1.40 bits per heavy atom. The van der Waals surface area contributed by atoms with Crippen molar-refractivity contribution in [1.29, 1.82) is 0 Å². The van der Waals surface area contributed by atoms with Crippen molar-refractivity contribution in [1.82, 2.24) is 5.32 Å². The third kappa shape index (κ3) is 4.00. The van der Waals surface area contributed by atoms with E-state index in [2.05, 4.69) is 19.2 Å². The van der Waals surface area contributed by atoms with Crippen LogP contribution in [-0.4, -0.2) is 6.54 Å². The van der Waals surface area contributed by atoms with Gasteiger partial charge in [0.05, 0.1) is 0 Å². The van der Waals surface area contributed by atoms with Gasteiger partial charge in [0.1, 0.15) is 5.82 Å². The molecule has 0 saturated carbocycles. The topological polar surface area (TPSA) is 12.0 Å². The fraction of sp³-hybridized carbons (Fsp3) is 0.538. The summed E-state index contributed by atoms with van der Waals surface area (Å²) in [5.74, 6) is 0.528. The maximum Gasteiger partial charge on any atom is 0.123 e. The molecule has 0 aliphatic carbocycles. The number of benzene rings is 1. The van der Waals surface area contributed by atoms with Crippen molar-refractivity contribution >= 4 is 0 Å². The van der Waals surface area contributed by atoms with Gasteiger partial charge < -0.3 is 5.32 Å². The van der Waals surface area contributed by atoms with E-state index in [9.17, 15) is 4.39 Å². The molecule has 0 saturated heterocycles. The van der Waals surface area contributed by atoms with Crippen molar-refractivity contribution in [3.05, 3.63) is 35.1 Å². The molecular formula is C13H20FN. The van der Waals surface area contributed by atoms with Crippen molar-refractivity contribution in [2.45, 2.75) is 33.7 Å². The smallest absolute Gasteiger partial charge is 0.123 e. The van der Waals surface area contributed by atoms with E-state index in [1.54, 1.807) is 6.07 Å². The monoisotopic (exact) mass is 209 g/mol. The predicted molar refractivity (Wildman–Crippen MR) is 62.3 cm³/mol. The second-order valence-corrected chi connectivity index (χ2v) is 4.22. The van der Waals surface area contributed by atoms with Crippen LogP contribution >= 0.6 is 0 Å². The molecule has 0 radical (unpaired) electrons. The number of aryl methyl sites for hydroxylation is 1. The molecule has 1 nitrogen and oxygen atoms in total. The Balaban J connectivity index is 2.46. The van der Waals surface area contributed by atoms with Gasteiger partial charge >= 0.3 is 0 Å². The van der Waals surface area contributed by atoms with Crippen molar-refractivity contribution in [3.63, 3.8) is 0 Å². The first-order valence-corrected chi connectivity index (χ1v) is 5.59. The van der Waals surface area contributed by atoms with Crippen LogP contribution in [0.2, 0.25) is 0 Å². The summed E-state index contributed by atoms with van der Waals surface area (Å²) in [6.45, 7) is 8.16. The minimum Gasteiger partial charge on any atom is -0.312 e. The lowest BCUT2D eigenvalue weighted by atomic mass is 10.1. The number of hydrogen-bond donors (Lipinski definition) is 1. The normalized spacial score (nSPS) is 12.8. The number of hydrogen-bond acceptors (Lipinski definition) is 1. The van der Waals surface area contributed by atoms with Crippen LogP contribution in [0, 0.1) is 18.7 Å². The molecule has 0 aliphatic rings. The van der Waals surface area contributed by atoms with Crippen LogP contribution in [0.1, 0.15) is 31.4 Å². The van der Waals surface area contributed by atoms with Crippen molar-refractivity contribution in [2.75, 3.05) is 6.54 Å². The van der Waals surface area contributed by atoms with Gasteiger partial charge in [0.15, 0.2) is 0 Å². The summed E-state index contributed by atoms with van der Waals surface area (Å²) in [5.41, 5.74) is 2.20. The Morgan fingerprint density at radius 3 is 2.80 bits per heavy atom. The Kier molecular flexibility index (Phi) is 4.76. The van der Waals surface area contributed by atoms with Gasteiger partial charge in [-0.25, -0.2) is 4.39 Å². The summed E-state index contributed by atoms with van der Waals surface area (Å²) in [6.07, 6.45) is 1.18. The summed E-state index contributed by atoms with van der Waals surface area (Å²) >= 11 is 0. The Hall–Kier alpha value is -0.890. The highest BCUT2D eigenvalue weighted by atomic mass is 19.1. The number of nitrogens with one attached hydrogen (secondary N) is 1. The summed E-state index contributed by atoms with van der Waals surface area (Å²) in [6, 6.07) is 4.95. The quantitative estimate of drug-likeness (QED) is 0.784. The van der Waals surface area contributed by atoms with E-state index in [0.717, 1.165) is 24.2 Å². The van der Waals surface area contributed by atoms with Crippen molar-refractivity contribution < 1.29 is 4.39 Å². The van der Waals surface area contributed by atoms with Gasteiger partial charge in [0.2, 0.25) is 0 Å². The standard InChI is InChI=1S/C13H20FN/c1-4-10(2)8-15-9-12-7-13(14)6-5-11(12)3/h5-7,10,15H,4,8-9H2,1-3H3. The fourth-order valence-electron chi connectivity index (χ4n) is 1.43. The molecule has 15 heavy (non-hydrogen) atoms. The highest BCUT2D eigenvalue weighted by molar-refractivity contribution is 5.26. The van der Waals surface area contributed by atoms with Crippen LogP contribution in [0.25, 0.3) is 0 Å². The van der Waals surface area contributed by atoms with E-state index >= 15 is 0 Å². The molecule has 2 heteroatoms. The third-order valence-corrected chi connectivity index (χ3v) is 2.82. The maximum atomic E-state index is 13.0. The first kappa shape index (κ1) is 12.2. The largest absolute Gasteiger partial charge is 0.312 e. The molecule has 0 aliphatic heterocycles. The van der Waals surface area contributed by atoms with Crippen LogP contribution in [-0.2, 0) is 6.54 Å². The summed E-state index contributed by atoms with van der Waals surface area (Å²) in [5, 5.41) is 3.35. The van der Waals surface area contributed by atoms with Gasteiger partial charge in [0.25, 0.3) is 0 Å². The van der Waals surface area contributed by atoms with Crippen LogP contribution in [0.15, 0.2) is 18.2 Å². The van der Waals surface area contributed by atoms with Gasteiger partial charge in [-0.15, -0.1) is 0 Å². The third-order valence-electron chi connectivity index (χ3n) is 2.82. The Morgan fingerprint density at radius 2 is 2.13 bits per heavy atom. The lowest BCUT2D eigenvalue weighted by Crippen LogP contribution is -2.20. The second-order valence-electron chi connectivity index (χ2n) is 4.22. The molecular weight excluding hydrogens is 189 g/mol. The number of halogens is 1. The number of rotatable bonds is 5. The van der Waals surface area contributed by atoms with Gasteiger partial charge in [-0.3, -0.25) is 0 Å². The first-order valence-electron chi connectivity index (χ1n) is 5.59. The Bertz CT molecular complexity index is 309. The molecule has 1 N–H and O–H groups in total. The minimum absolute atomic E-state index is 0.152. The minimum atomic E-state index is -0.152. The van der Waals surface area contributed by atoms with Gasteiger partial charge in [-0.05, 0) is 42.6 Å². The summed E-state index contributed by atoms with van der Waals surface area (Å²) < 4.78 is 13.0. The molecule has 1 aromatic carbocycles. The second kappa shape index (κ2) is 5.86. The zero-order valence-electron chi connectivity index (χ0n) is 9.81. The predicted octanol–water partition coefficient (Wildman–Crippen LogP) is 3.27. The fourth-order valence-corrected chi connectivity index (χ4v) is 1.43. The molecule has 84 valence electrons. The molecule has 1 unspecified atom stereocenters. The zero-order valence-corrected chi connectivity index (χ0v) is 9.81. The van der Waals surface area contributed by atoms with E-state index in [1.165, 1.54) is 12.5 Å². The van der Waals surface area contributed by atoms with Crippen LogP contribution in [0.4, 0.5) is 4.39 Å². The molecule has 0 bridgehead atoms. The van der Waals surface area contributed by atoms with Gasteiger partial charge in [-0.1, -0.05) is 26.3 Å². The van der Waals surface area contributed by atoms with E-state index in [-0.39, 0.29) is 5.82 Å². The van der Waals surface area contributed by atoms with Crippen molar-refractivity contribution in [3.8, 4) is 0 Å². The van der Waals surface area contributed by atoms with Crippen LogP contribution in [0.3, 0.4) is 0 Å². The van der Waals surface area contributed by atoms with E-state index in [4.69, 9.17) is 0 Å². The first-order chi connectivity index (χ1) is 7.13. The molecule has 1 rings (SSSR count). The molecule has 0 fully saturated rings. The molecule has 1 atom stereocenters. The highest BCUT2D eigenvalue weighted by Crippen LogP contribution is 2.10. The molecule has 0 heterocycles. The van der Waals surface area contributed by atoms with Crippen molar-refractivity contribution in [2.24, 2.45) is 5.92 Å². The average Bonchev–Trinajstić information content (AvgIpc) is 2.23.